The van der Waals surface area contributed by atoms with E-state index in [1.165, 1.54) is 24.5 Å². The number of aromatic nitrogens is 2. The summed E-state index contributed by atoms with van der Waals surface area (Å²) in [6.45, 7) is 6.30. The maximum atomic E-state index is 15.1. The number of ether oxygens (including phenoxy) is 1. The van der Waals surface area contributed by atoms with Gasteiger partial charge in [-0.2, -0.15) is 0 Å². The van der Waals surface area contributed by atoms with Gasteiger partial charge in [-0.3, -0.25) is 0 Å². The minimum atomic E-state index is -0.719. The number of amides is 1. The first-order valence-corrected chi connectivity index (χ1v) is 11.6. The minimum absolute atomic E-state index is 0.0778. The third-order valence-corrected chi connectivity index (χ3v) is 6.34. The number of piperidine rings is 1. The van der Waals surface area contributed by atoms with E-state index < -0.39 is 23.3 Å². The Morgan fingerprint density at radius 2 is 1.97 bits per heavy atom. The lowest BCUT2D eigenvalue weighted by Gasteiger charge is -2.34. The van der Waals surface area contributed by atoms with E-state index in [-0.39, 0.29) is 21.7 Å². The van der Waals surface area contributed by atoms with Crippen LogP contribution in [0.2, 0.25) is 10.0 Å². The highest BCUT2D eigenvalue weighted by atomic mass is 35.5. The molecule has 2 heterocycles. The van der Waals surface area contributed by atoms with Crippen molar-refractivity contribution in [2.45, 2.75) is 45.1 Å². The van der Waals surface area contributed by atoms with Gasteiger partial charge in [-0.25, -0.2) is 23.5 Å². The number of hydrogen-bond donors (Lipinski definition) is 1. The molecule has 180 valence electrons. The van der Waals surface area contributed by atoms with Crippen molar-refractivity contribution in [3.05, 3.63) is 57.8 Å². The van der Waals surface area contributed by atoms with Crippen molar-refractivity contribution < 1.29 is 18.3 Å². The monoisotopic (exact) mass is 508 g/mol. The number of fused-ring (bicyclic) bond motifs is 1. The smallest absolute Gasteiger partial charge is 0.410 e. The Morgan fingerprint density at radius 1 is 1.21 bits per heavy atom. The summed E-state index contributed by atoms with van der Waals surface area (Å²) in [6.07, 6.45) is 2.27. The minimum Gasteiger partial charge on any atom is -0.444 e. The van der Waals surface area contributed by atoms with Crippen LogP contribution in [0.4, 0.5) is 25.1 Å². The molecule has 1 atom stereocenters. The van der Waals surface area contributed by atoms with Gasteiger partial charge in [0, 0.05) is 30.5 Å². The summed E-state index contributed by atoms with van der Waals surface area (Å²) in [4.78, 5) is 22.5. The number of likely N-dealkylation sites (tertiary alicyclic amines) is 1. The molecule has 10 heteroatoms. The second-order valence-electron chi connectivity index (χ2n) is 9.23. The lowest BCUT2D eigenvalue weighted by atomic mass is 9.89. The normalized spacial score (nSPS) is 16.6. The van der Waals surface area contributed by atoms with Crippen molar-refractivity contribution in [2.24, 2.45) is 0 Å². The molecule has 1 fully saturated rings. The van der Waals surface area contributed by atoms with Crippen molar-refractivity contribution >= 4 is 51.7 Å². The molecule has 0 saturated carbocycles. The van der Waals surface area contributed by atoms with Crippen LogP contribution in [0.3, 0.4) is 0 Å². The highest BCUT2D eigenvalue weighted by molar-refractivity contribution is 6.42. The second kappa shape index (κ2) is 9.50. The van der Waals surface area contributed by atoms with Crippen LogP contribution in [0.25, 0.3) is 10.9 Å². The first-order valence-electron chi connectivity index (χ1n) is 10.9. The lowest BCUT2D eigenvalue weighted by Crippen LogP contribution is -2.42. The van der Waals surface area contributed by atoms with Gasteiger partial charge in [0.1, 0.15) is 23.6 Å². The number of carbonyl (C=O) groups is 1. The molecule has 3 aromatic rings. The van der Waals surface area contributed by atoms with Crippen LogP contribution in [0.15, 0.2) is 30.6 Å². The van der Waals surface area contributed by atoms with Crippen LogP contribution in [0.5, 0.6) is 0 Å². The fourth-order valence-corrected chi connectivity index (χ4v) is 4.29. The maximum Gasteiger partial charge on any atom is 0.410 e. The summed E-state index contributed by atoms with van der Waals surface area (Å²) in [5.74, 6) is -1.08. The molecule has 0 spiro atoms. The number of anilines is 2. The highest BCUT2D eigenvalue weighted by Gasteiger charge is 2.30. The zero-order valence-corrected chi connectivity index (χ0v) is 20.5. The summed E-state index contributed by atoms with van der Waals surface area (Å²) in [5, 5.41) is 3.31. The van der Waals surface area contributed by atoms with Crippen LogP contribution in [-0.2, 0) is 4.74 Å². The number of benzene rings is 2. The van der Waals surface area contributed by atoms with Gasteiger partial charge in [-0.05, 0) is 57.4 Å². The van der Waals surface area contributed by atoms with Gasteiger partial charge in [0.25, 0.3) is 0 Å². The average molecular weight is 509 g/mol. The molecule has 34 heavy (non-hydrogen) atoms. The van der Waals surface area contributed by atoms with E-state index in [1.807, 2.05) is 0 Å². The number of carbonyl (C=O) groups excluding carboxylic acids is 1. The number of halogens is 4. The van der Waals surface area contributed by atoms with Crippen molar-refractivity contribution in [2.75, 3.05) is 18.4 Å². The standard InChI is InChI=1S/C24H24Cl2F2N4O2/c1-24(2,3)34-23(33)32-8-4-5-13(11-32)14-9-15-19(10-17(14)27)29-12-30-22(15)31-18-7-6-16(25)20(26)21(18)28/h6-7,9-10,12-13H,4-5,8,11H2,1-3H3,(H,29,30,31). The predicted octanol–water partition coefficient (Wildman–Crippen LogP) is 7.07. The predicted molar refractivity (Wildman–Crippen MR) is 129 cm³/mol. The van der Waals surface area contributed by atoms with Gasteiger partial charge in [0.2, 0.25) is 0 Å². The molecule has 6 nitrogen and oxygen atoms in total. The van der Waals surface area contributed by atoms with Gasteiger partial charge < -0.3 is 15.0 Å². The third-order valence-electron chi connectivity index (χ3n) is 5.55. The third kappa shape index (κ3) is 5.18. The van der Waals surface area contributed by atoms with E-state index in [4.69, 9.17) is 27.9 Å². The summed E-state index contributed by atoms with van der Waals surface area (Å²) in [7, 11) is 0. The molecule has 1 aromatic heterocycles. The van der Waals surface area contributed by atoms with Gasteiger partial charge >= 0.3 is 6.09 Å². The van der Waals surface area contributed by atoms with Crippen LogP contribution in [-0.4, -0.2) is 39.7 Å². The topological polar surface area (TPSA) is 67.3 Å². The molecule has 1 saturated heterocycles. The maximum absolute atomic E-state index is 15.1. The molecular formula is C24H24Cl2F2N4O2. The number of nitrogens with one attached hydrogen (secondary N) is 1. The van der Waals surface area contributed by atoms with E-state index in [1.54, 1.807) is 31.7 Å². The SMILES string of the molecule is CC(C)(C)OC(=O)N1CCCC(c2cc3c(Nc4ccc(Cl)c(Cl)c4F)ncnc3cc2F)C1. The van der Waals surface area contributed by atoms with E-state index in [9.17, 15) is 9.18 Å². The summed E-state index contributed by atoms with van der Waals surface area (Å²) >= 11 is 11.8. The quantitative estimate of drug-likeness (QED) is 0.383. The Balaban J connectivity index is 1.66. The molecule has 0 radical (unpaired) electrons. The molecule has 1 aliphatic heterocycles. The van der Waals surface area contributed by atoms with Crippen LogP contribution >= 0.6 is 23.2 Å². The van der Waals surface area contributed by atoms with Crippen LogP contribution in [0.1, 0.15) is 45.1 Å². The van der Waals surface area contributed by atoms with Crippen molar-refractivity contribution in [1.29, 1.82) is 0 Å². The first-order chi connectivity index (χ1) is 16.0. The molecule has 1 aliphatic rings. The van der Waals surface area contributed by atoms with Crippen molar-refractivity contribution in [1.82, 2.24) is 14.9 Å². The molecule has 1 amide bonds. The van der Waals surface area contributed by atoms with E-state index >= 15 is 4.39 Å². The van der Waals surface area contributed by atoms with E-state index in [0.717, 1.165) is 0 Å². The van der Waals surface area contributed by atoms with Crippen LogP contribution in [0, 0.1) is 11.6 Å². The van der Waals surface area contributed by atoms with Gasteiger partial charge in [0.15, 0.2) is 5.82 Å². The van der Waals surface area contributed by atoms with Gasteiger partial charge in [-0.1, -0.05) is 23.2 Å². The fourth-order valence-electron chi connectivity index (χ4n) is 3.98. The molecule has 4 rings (SSSR count). The average Bonchev–Trinajstić information content (AvgIpc) is 2.78. The fraction of sp³-hybridized carbons (Fsp3) is 0.375. The zero-order chi connectivity index (χ0) is 24.6. The highest BCUT2D eigenvalue weighted by Crippen LogP contribution is 2.35. The van der Waals surface area contributed by atoms with Crippen LogP contribution < -0.4 is 5.32 Å². The number of hydrogen-bond acceptors (Lipinski definition) is 5. The Labute approximate surface area is 206 Å². The van der Waals surface area contributed by atoms with Crippen molar-refractivity contribution in [3.8, 4) is 0 Å². The summed E-state index contributed by atoms with van der Waals surface area (Å²) < 4.78 is 35.2. The Hall–Kier alpha value is -2.71. The Kier molecular flexibility index (Phi) is 6.82. The molecule has 1 N–H and O–H groups in total. The molecule has 2 aromatic carbocycles. The Morgan fingerprint density at radius 3 is 2.71 bits per heavy atom. The summed E-state index contributed by atoms with van der Waals surface area (Å²) in [5.41, 5.74) is 0.261. The van der Waals surface area contributed by atoms with Gasteiger partial charge in [0.05, 0.1) is 21.2 Å². The molecule has 1 unspecified atom stereocenters. The zero-order valence-electron chi connectivity index (χ0n) is 19.0. The molecule has 0 bridgehead atoms. The van der Waals surface area contributed by atoms with E-state index in [0.29, 0.717) is 48.2 Å². The molecule has 0 aliphatic carbocycles. The largest absolute Gasteiger partial charge is 0.444 e. The Bertz CT molecular complexity index is 1250. The number of nitrogens with zero attached hydrogens (tertiary/aromatic N) is 3. The summed E-state index contributed by atoms with van der Waals surface area (Å²) in [6, 6.07) is 5.90. The molecular weight excluding hydrogens is 485 g/mol. The second-order valence-corrected chi connectivity index (χ2v) is 10.0. The van der Waals surface area contributed by atoms with Crippen molar-refractivity contribution in [3.63, 3.8) is 0 Å². The van der Waals surface area contributed by atoms with Gasteiger partial charge in [-0.15, -0.1) is 0 Å². The number of rotatable bonds is 3. The van der Waals surface area contributed by atoms with E-state index in [2.05, 4.69) is 15.3 Å². The lowest BCUT2D eigenvalue weighted by molar-refractivity contribution is 0.0197. The first kappa shape index (κ1) is 24.4.